The zero-order valence-electron chi connectivity index (χ0n) is 11.1. The number of aliphatic hydroxyl groups is 1. The normalized spacial score (nSPS) is 28.9. The van der Waals surface area contributed by atoms with Gasteiger partial charge in [0.05, 0.1) is 6.61 Å². The number of hydrogen-bond acceptors (Lipinski definition) is 9. The van der Waals surface area contributed by atoms with Gasteiger partial charge in [0.25, 0.3) is 0 Å². The zero-order valence-corrected chi connectivity index (χ0v) is 11.9. The van der Waals surface area contributed by atoms with E-state index in [1.807, 2.05) is 0 Å². The minimum atomic E-state index is -4.74. The molecule has 12 nitrogen and oxygen atoms in total. The molecule has 1 fully saturated rings. The van der Waals surface area contributed by atoms with Gasteiger partial charge in [0.1, 0.15) is 18.0 Å². The lowest BCUT2D eigenvalue weighted by molar-refractivity contribution is -0.0752. The monoisotopic (exact) mass is 338 g/mol. The van der Waals surface area contributed by atoms with Gasteiger partial charge in [-0.15, -0.1) is 0 Å². The molecule has 124 valence electrons. The molecule has 2 rings (SSSR count). The van der Waals surface area contributed by atoms with Gasteiger partial charge in [-0.2, -0.15) is 4.98 Å². The Balaban J connectivity index is 2.21. The van der Waals surface area contributed by atoms with E-state index in [0.29, 0.717) is 0 Å². The van der Waals surface area contributed by atoms with E-state index in [0.717, 1.165) is 4.57 Å². The fourth-order valence-corrected chi connectivity index (χ4v) is 2.36. The van der Waals surface area contributed by atoms with Crippen molar-refractivity contribution in [3.8, 4) is 0 Å². The van der Waals surface area contributed by atoms with Gasteiger partial charge in [0, 0.05) is 6.20 Å². The summed E-state index contributed by atoms with van der Waals surface area (Å²) in [6.07, 6.45) is -3.62. The predicted octanol–water partition coefficient (Wildman–Crippen LogP) is -2.55. The molecular weight excluding hydrogens is 323 g/mol. The Kier molecular flexibility index (Phi) is 4.94. The summed E-state index contributed by atoms with van der Waals surface area (Å²) < 4.78 is 21.3. The summed E-state index contributed by atoms with van der Waals surface area (Å²) in [4.78, 5) is 37.2. The Bertz CT molecular complexity index is 632. The first-order valence-electron chi connectivity index (χ1n) is 5.97. The van der Waals surface area contributed by atoms with E-state index in [1.165, 1.54) is 12.3 Å². The van der Waals surface area contributed by atoms with E-state index >= 15 is 0 Å². The number of hydrogen-bond donors (Lipinski definition) is 5. The average molecular weight is 338 g/mol. The molecule has 1 aromatic rings. The summed E-state index contributed by atoms with van der Waals surface area (Å²) in [6, 6.07) is 1.32. The molecule has 4 atom stereocenters. The maximum atomic E-state index is 11.8. The van der Waals surface area contributed by atoms with Crippen LogP contribution >= 0.6 is 7.82 Å². The molecule has 0 radical (unpaired) electrons. The Labute approximate surface area is 123 Å². The molecule has 0 saturated carbocycles. The van der Waals surface area contributed by atoms with Crippen LogP contribution < -0.4 is 17.3 Å². The molecule has 0 bridgehead atoms. The van der Waals surface area contributed by atoms with Gasteiger partial charge in [0.2, 0.25) is 0 Å². The first kappa shape index (κ1) is 17.0. The minimum Gasteiger partial charge on any atom is -0.387 e. The van der Waals surface area contributed by atoms with E-state index in [4.69, 9.17) is 26.2 Å². The number of rotatable bonds is 5. The molecule has 0 unspecified atom stereocenters. The number of ether oxygens (including phenoxy) is 1. The fourth-order valence-electron chi connectivity index (χ4n) is 2.02. The van der Waals surface area contributed by atoms with Crippen LogP contribution in [0.1, 0.15) is 6.23 Å². The Hall–Kier alpha value is -1.37. The van der Waals surface area contributed by atoms with Crippen molar-refractivity contribution >= 4 is 13.6 Å². The summed E-state index contributed by atoms with van der Waals surface area (Å²) in [7, 11) is -4.74. The lowest BCUT2D eigenvalue weighted by atomic mass is 10.1. The number of phosphoric ester groups is 1. The summed E-state index contributed by atoms with van der Waals surface area (Å²) in [5, 5.41) is 10.00. The number of aromatic nitrogens is 2. The van der Waals surface area contributed by atoms with Gasteiger partial charge in [-0.05, 0) is 6.07 Å². The van der Waals surface area contributed by atoms with Crippen molar-refractivity contribution in [3.05, 3.63) is 22.7 Å². The summed E-state index contributed by atoms with van der Waals surface area (Å²) in [5.41, 5.74) is 4.60. The van der Waals surface area contributed by atoms with E-state index < -0.39 is 44.7 Å². The number of nitrogen functional groups attached to an aromatic ring is 1. The van der Waals surface area contributed by atoms with Crippen molar-refractivity contribution in [2.75, 3.05) is 12.3 Å². The fraction of sp³-hybridized carbons (Fsp3) is 0.556. The van der Waals surface area contributed by atoms with Gasteiger partial charge in [-0.1, -0.05) is 0 Å². The van der Waals surface area contributed by atoms with Crippen molar-refractivity contribution in [1.29, 1.82) is 0 Å². The standard InChI is InChI=1S/C9H15N4O8P/c10-5-1-2-13(9(15)12-5)8-7(21-11)6(14)4(20-8)3-19-22(16,17)18/h1-2,4,6-8,14H,3,11H2,(H2,10,12,15)(H2,16,17,18)/t4-,6+,7-,8-/m1/s1. The lowest BCUT2D eigenvalue weighted by Gasteiger charge is -2.19. The van der Waals surface area contributed by atoms with Crippen LogP contribution in [0.15, 0.2) is 17.1 Å². The highest BCUT2D eigenvalue weighted by atomic mass is 31.2. The number of nitrogens with two attached hydrogens (primary N) is 2. The molecule has 1 aliphatic heterocycles. The van der Waals surface area contributed by atoms with Crippen molar-refractivity contribution in [2.45, 2.75) is 24.5 Å². The summed E-state index contributed by atoms with van der Waals surface area (Å²) >= 11 is 0. The van der Waals surface area contributed by atoms with Crippen molar-refractivity contribution in [1.82, 2.24) is 9.55 Å². The van der Waals surface area contributed by atoms with Crippen molar-refractivity contribution in [3.63, 3.8) is 0 Å². The van der Waals surface area contributed by atoms with E-state index in [2.05, 4.69) is 14.3 Å². The predicted molar refractivity (Wildman–Crippen MR) is 69.9 cm³/mol. The summed E-state index contributed by atoms with van der Waals surface area (Å²) in [5.74, 6) is 5.07. The molecule has 0 aromatic carbocycles. The number of aliphatic hydroxyl groups excluding tert-OH is 1. The molecule has 13 heteroatoms. The highest BCUT2D eigenvalue weighted by Gasteiger charge is 2.46. The van der Waals surface area contributed by atoms with Crippen molar-refractivity contribution in [2.24, 2.45) is 5.90 Å². The SMILES string of the molecule is NO[C@@H]1[C@@H](O)[C@@H](COP(=O)(O)O)O[C@H]1n1ccc(N)nc1=O. The number of anilines is 1. The second-order valence-corrected chi connectivity index (χ2v) is 5.72. The van der Waals surface area contributed by atoms with Gasteiger partial charge < -0.3 is 25.4 Å². The van der Waals surface area contributed by atoms with E-state index in [9.17, 15) is 14.5 Å². The molecular formula is C9H15N4O8P. The summed E-state index contributed by atoms with van der Waals surface area (Å²) in [6.45, 7) is -0.626. The second kappa shape index (κ2) is 6.40. The molecule has 1 aromatic heterocycles. The third kappa shape index (κ3) is 3.69. The zero-order chi connectivity index (χ0) is 16.5. The number of nitrogens with zero attached hydrogens (tertiary/aromatic N) is 2. The molecule has 0 aliphatic carbocycles. The van der Waals surface area contributed by atoms with Gasteiger partial charge in [0.15, 0.2) is 12.3 Å². The Morgan fingerprint density at radius 2 is 2.18 bits per heavy atom. The molecule has 1 saturated heterocycles. The quantitative estimate of drug-likeness (QED) is 0.280. The molecule has 2 heterocycles. The molecule has 1 aliphatic rings. The first-order chi connectivity index (χ1) is 10.2. The maximum Gasteiger partial charge on any atom is 0.469 e. The van der Waals surface area contributed by atoms with Crippen molar-refractivity contribution < 1.29 is 33.6 Å². The second-order valence-electron chi connectivity index (χ2n) is 4.48. The van der Waals surface area contributed by atoms with Gasteiger partial charge in [-0.25, -0.2) is 15.3 Å². The Morgan fingerprint density at radius 1 is 1.50 bits per heavy atom. The molecule has 22 heavy (non-hydrogen) atoms. The largest absolute Gasteiger partial charge is 0.469 e. The van der Waals surface area contributed by atoms with Crippen LogP contribution in [-0.4, -0.2) is 49.4 Å². The Morgan fingerprint density at radius 3 is 2.73 bits per heavy atom. The van der Waals surface area contributed by atoms with Crippen LogP contribution in [0, 0.1) is 0 Å². The molecule has 0 amide bonds. The van der Waals surface area contributed by atoms with Crippen LogP contribution in [0.3, 0.4) is 0 Å². The van der Waals surface area contributed by atoms with Gasteiger partial charge >= 0.3 is 13.5 Å². The minimum absolute atomic E-state index is 0.00797. The third-order valence-electron chi connectivity index (χ3n) is 3.00. The van der Waals surface area contributed by atoms with Crippen LogP contribution in [0.4, 0.5) is 5.82 Å². The van der Waals surface area contributed by atoms with Crippen LogP contribution in [0.2, 0.25) is 0 Å². The van der Waals surface area contributed by atoms with E-state index in [1.54, 1.807) is 0 Å². The van der Waals surface area contributed by atoms with Gasteiger partial charge in [-0.3, -0.25) is 13.9 Å². The lowest BCUT2D eigenvalue weighted by Crippen LogP contribution is -2.39. The highest BCUT2D eigenvalue weighted by Crippen LogP contribution is 2.38. The first-order valence-corrected chi connectivity index (χ1v) is 7.50. The smallest absolute Gasteiger partial charge is 0.387 e. The number of phosphoric acid groups is 1. The average Bonchev–Trinajstić information content (AvgIpc) is 2.72. The topological polar surface area (TPSA) is 192 Å². The highest BCUT2D eigenvalue weighted by molar-refractivity contribution is 7.46. The third-order valence-corrected chi connectivity index (χ3v) is 3.49. The van der Waals surface area contributed by atoms with E-state index in [-0.39, 0.29) is 5.82 Å². The van der Waals surface area contributed by atoms with Crippen LogP contribution in [-0.2, 0) is 18.7 Å². The van der Waals surface area contributed by atoms with Crippen LogP contribution in [0.5, 0.6) is 0 Å². The maximum absolute atomic E-state index is 11.8. The van der Waals surface area contributed by atoms with Crippen LogP contribution in [0.25, 0.3) is 0 Å². The molecule has 0 spiro atoms. The molecule has 7 N–H and O–H groups in total.